The van der Waals surface area contributed by atoms with Crippen LogP contribution < -0.4 is 0 Å². The normalized spacial score (nSPS) is 12.9. The maximum Gasteiger partial charge on any atom is 0.133 e. The van der Waals surface area contributed by atoms with Gasteiger partial charge in [-0.05, 0) is 30.9 Å². The lowest BCUT2D eigenvalue weighted by Crippen LogP contribution is -2.09. The Morgan fingerprint density at radius 1 is 1.56 bits per heavy atom. The molecule has 16 heavy (non-hydrogen) atoms. The van der Waals surface area contributed by atoms with E-state index in [-0.39, 0.29) is 0 Å². The van der Waals surface area contributed by atoms with Crippen LogP contribution in [-0.4, -0.2) is 24.5 Å². The fourth-order valence-corrected chi connectivity index (χ4v) is 2.24. The van der Waals surface area contributed by atoms with Crippen LogP contribution in [0.2, 0.25) is 0 Å². The molecule has 2 aromatic rings. The first-order valence-electron chi connectivity index (χ1n) is 5.22. The smallest absolute Gasteiger partial charge is 0.133 e. The monoisotopic (exact) mass is 238 g/mol. The maximum atomic E-state index is 10.2. The van der Waals surface area contributed by atoms with E-state index in [1.807, 2.05) is 17.7 Å². The van der Waals surface area contributed by atoms with Gasteiger partial charge in [0.2, 0.25) is 0 Å². The highest BCUT2D eigenvalue weighted by Crippen LogP contribution is 2.26. The largest absolute Gasteiger partial charge is 0.381 e. The summed E-state index contributed by atoms with van der Waals surface area (Å²) in [6.07, 6.45) is 2.02. The van der Waals surface area contributed by atoms with E-state index >= 15 is 0 Å². The molecule has 0 amide bonds. The average Bonchev–Trinajstić information content (AvgIpc) is 2.87. The van der Waals surface area contributed by atoms with Crippen molar-refractivity contribution in [3.8, 4) is 0 Å². The number of aryl methyl sites for hydroxylation is 2. The van der Waals surface area contributed by atoms with Crippen LogP contribution in [0.3, 0.4) is 0 Å². The molecule has 0 saturated carbocycles. The molecule has 0 bridgehead atoms. The third-order valence-electron chi connectivity index (χ3n) is 2.40. The van der Waals surface area contributed by atoms with Crippen LogP contribution in [0, 0.1) is 6.92 Å². The molecule has 0 aliphatic carbocycles. The molecule has 2 rings (SSSR count). The van der Waals surface area contributed by atoms with E-state index in [4.69, 9.17) is 0 Å². The first kappa shape index (κ1) is 11.2. The van der Waals surface area contributed by atoms with Gasteiger partial charge in [-0.2, -0.15) is 5.10 Å². The van der Waals surface area contributed by atoms with E-state index in [0.717, 1.165) is 29.2 Å². The number of rotatable bonds is 4. The van der Waals surface area contributed by atoms with Crippen LogP contribution >= 0.6 is 11.5 Å². The Hall–Kier alpha value is -1.27. The van der Waals surface area contributed by atoms with Crippen LogP contribution in [0.25, 0.3) is 0 Å². The number of aromatic nitrogens is 4. The Kier molecular flexibility index (Phi) is 3.31. The average molecular weight is 238 g/mol. The summed E-state index contributed by atoms with van der Waals surface area (Å²) in [5.41, 5.74) is 1.58. The summed E-state index contributed by atoms with van der Waals surface area (Å²) in [7, 11) is 0. The topological polar surface area (TPSA) is 63.8 Å². The Balaban J connectivity index is 2.30. The zero-order valence-corrected chi connectivity index (χ0v) is 10.1. The van der Waals surface area contributed by atoms with E-state index in [1.54, 1.807) is 6.20 Å². The van der Waals surface area contributed by atoms with Crippen molar-refractivity contribution in [2.45, 2.75) is 32.9 Å². The number of aliphatic hydroxyl groups is 1. The molecule has 86 valence electrons. The third kappa shape index (κ3) is 1.98. The van der Waals surface area contributed by atoms with Gasteiger partial charge in [-0.15, -0.1) is 5.10 Å². The fourth-order valence-electron chi connectivity index (χ4n) is 1.60. The van der Waals surface area contributed by atoms with Crippen LogP contribution in [0.1, 0.15) is 35.7 Å². The lowest BCUT2D eigenvalue weighted by Gasteiger charge is -2.11. The lowest BCUT2D eigenvalue weighted by molar-refractivity contribution is 0.210. The first-order valence-corrected chi connectivity index (χ1v) is 6.00. The van der Waals surface area contributed by atoms with Gasteiger partial charge in [-0.25, -0.2) is 0 Å². The van der Waals surface area contributed by atoms with E-state index in [0.29, 0.717) is 0 Å². The summed E-state index contributed by atoms with van der Waals surface area (Å²) in [6.45, 7) is 4.74. The van der Waals surface area contributed by atoms with Crippen molar-refractivity contribution < 1.29 is 5.11 Å². The molecule has 0 aromatic carbocycles. The summed E-state index contributed by atoms with van der Waals surface area (Å²) in [6, 6.07) is 1.83. The van der Waals surface area contributed by atoms with Crippen molar-refractivity contribution in [3.63, 3.8) is 0 Å². The minimum absolute atomic E-state index is 0.672. The zero-order valence-electron chi connectivity index (χ0n) is 9.29. The van der Waals surface area contributed by atoms with Gasteiger partial charge < -0.3 is 5.11 Å². The predicted molar refractivity (Wildman–Crippen MR) is 61.2 cm³/mol. The molecule has 2 heterocycles. The van der Waals surface area contributed by atoms with E-state index in [2.05, 4.69) is 21.6 Å². The standard InChI is InChI=1S/C10H14N4OS/c1-3-6-14-8(4-5-11-14)9(15)10-7(2)12-13-16-10/h4-5,9,15H,3,6H2,1-2H3. The van der Waals surface area contributed by atoms with E-state index in [1.165, 1.54) is 11.5 Å². The second kappa shape index (κ2) is 4.71. The predicted octanol–water partition coefficient (Wildman–Crippen LogP) is 1.53. The van der Waals surface area contributed by atoms with Gasteiger partial charge in [0, 0.05) is 12.7 Å². The first-order chi connectivity index (χ1) is 7.74. The molecular weight excluding hydrogens is 224 g/mol. The molecule has 0 saturated heterocycles. The number of hydrogen-bond acceptors (Lipinski definition) is 5. The summed E-state index contributed by atoms with van der Waals surface area (Å²) in [5.74, 6) is 0. The van der Waals surface area contributed by atoms with Gasteiger partial charge >= 0.3 is 0 Å². The maximum absolute atomic E-state index is 10.2. The molecule has 0 radical (unpaired) electrons. The van der Waals surface area contributed by atoms with Crippen molar-refractivity contribution in [3.05, 3.63) is 28.5 Å². The van der Waals surface area contributed by atoms with Crippen molar-refractivity contribution in [1.29, 1.82) is 0 Å². The van der Waals surface area contributed by atoms with Gasteiger partial charge in [0.05, 0.1) is 16.3 Å². The third-order valence-corrected chi connectivity index (χ3v) is 3.28. The van der Waals surface area contributed by atoms with Gasteiger partial charge in [0.1, 0.15) is 6.10 Å². The Bertz CT molecular complexity index is 465. The van der Waals surface area contributed by atoms with Crippen LogP contribution in [-0.2, 0) is 6.54 Å². The lowest BCUT2D eigenvalue weighted by atomic mass is 10.2. The highest BCUT2D eigenvalue weighted by molar-refractivity contribution is 7.05. The van der Waals surface area contributed by atoms with Gasteiger partial charge in [-0.1, -0.05) is 11.4 Å². The molecule has 1 unspecified atom stereocenters. The highest BCUT2D eigenvalue weighted by Gasteiger charge is 2.19. The molecule has 0 fully saturated rings. The van der Waals surface area contributed by atoms with Crippen LogP contribution in [0.5, 0.6) is 0 Å². The Morgan fingerprint density at radius 2 is 2.38 bits per heavy atom. The zero-order chi connectivity index (χ0) is 11.5. The fraction of sp³-hybridized carbons (Fsp3) is 0.500. The summed E-state index contributed by atoms with van der Waals surface area (Å²) >= 11 is 1.23. The number of aliphatic hydroxyl groups excluding tert-OH is 1. The molecule has 0 aliphatic rings. The van der Waals surface area contributed by atoms with Crippen molar-refractivity contribution in [1.82, 2.24) is 19.4 Å². The quantitative estimate of drug-likeness (QED) is 0.877. The van der Waals surface area contributed by atoms with Crippen molar-refractivity contribution in [2.24, 2.45) is 0 Å². The molecule has 2 aromatic heterocycles. The second-order valence-corrected chi connectivity index (χ2v) is 4.39. The summed E-state index contributed by atoms with van der Waals surface area (Å²) in [5, 5.41) is 18.3. The molecule has 1 atom stereocenters. The van der Waals surface area contributed by atoms with Crippen LogP contribution in [0.4, 0.5) is 0 Å². The Labute approximate surface area is 97.9 Å². The molecular formula is C10H14N4OS. The second-order valence-electron chi connectivity index (χ2n) is 3.60. The summed E-state index contributed by atoms with van der Waals surface area (Å²) in [4.78, 5) is 0.790. The summed E-state index contributed by atoms with van der Waals surface area (Å²) < 4.78 is 5.65. The van der Waals surface area contributed by atoms with Crippen LogP contribution in [0.15, 0.2) is 12.3 Å². The Morgan fingerprint density at radius 3 is 3.00 bits per heavy atom. The van der Waals surface area contributed by atoms with E-state index < -0.39 is 6.10 Å². The van der Waals surface area contributed by atoms with Crippen molar-refractivity contribution >= 4 is 11.5 Å². The minimum atomic E-state index is -0.672. The van der Waals surface area contributed by atoms with Gasteiger partial charge in [-0.3, -0.25) is 4.68 Å². The molecule has 0 spiro atoms. The number of nitrogens with zero attached hydrogens (tertiary/aromatic N) is 4. The van der Waals surface area contributed by atoms with Gasteiger partial charge in [0.15, 0.2) is 0 Å². The molecule has 0 aliphatic heterocycles. The van der Waals surface area contributed by atoms with E-state index in [9.17, 15) is 5.11 Å². The number of hydrogen-bond donors (Lipinski definition) is 1. The highest BCUT2D eigenvalue weighted by atomic mass is 32.1. The SMILES string of the molecule is CCCn1nccc1C(O)c1snnc1C. The molecule has 6 heteroatoms. The van der Waals surface area contributed by atoms with Gasteiger partial charge in [0.25, 0.3) is 0 Å². The molecule has 5 nitrogen and oxygen atoms in total. The minimum Gasteiger partial charge on any atom is -0.381 e. The molecule has 1 N–H and O–H groups in total. The van der Waals surface area contributed by atoms with Crippen molar-refractivity contribution in [2.75, 3.05) is 0 Å².